The van der Waals surface area contributed by atoms with E-state index in [1.165, 1.54) is 0 Å². The largest absolute Gasteiger partial charge is 0.332 e. The van der Waals surface area contributed by atoms with Crippen molar-refractivity contribution in [3.05, 3.63) is 60.2 Å². The average molecular weight is 336 g/mol. The number of nitriles is 1. The fourth-order valence-corrected chi connectivity index (χ4v) is 2.55. The summed E-state index contributed by atoms with van der Waals surface area (Å²) < 4.78 is 0. The van der Waals surface area contributed by atoms with Gasteiger partial charge in [-0.2, -0.15) is 5.26 Å². The molecule has 0 fully saturated rings. The van der Waals surface area contributed by atoms with E-state index < -0.39 is 0 Å². The van der Waals surface area contributed by atoms with Gasteiger partial charge in [-0.25, -0.2) is 4.99 Å². The Labute approximate surface area is 145 Å². The second kappa shape index (κ2) is 7.44. The number of thiocarbonyl (C=S) groups is 1. The molecule has 0 amide bonds. The van der Waals surface area contributed by atoms with E-state index in [1.807, 2.05) is 47.4 Å². The van der Waals surface area contributed by atoms with E-state index in [2.05, 4.69) is 27.2 Å². The predicted molar refractivity (Wildman–Crippen MR) is 99.6 cm³/mol. The molecule has 1 aliphatic heterocycles. The summed E-state index contributed by atoms with van der Waals surface area (Å²) >= 11 is 5.47. The molecular weight excluding hydrogens is 320 g/mol. The molecule has 7 heteroatoms. The molecule has 0 saturated heterocycles. The van der Waals surface area contributed by atoms with Crippen molar-refractivity contribution in [3.63, 3.8) is 0 Å². The van der Waals surface area contributed by atoms with Crippen LogP contribution in [0.15, 0.2) is 59.6 Å². The Kier molecular flexibility index (Phi) is 4.89. The standard InChI is InChI=1S/C17H16N6S/c18-12-13-5-4-8-15(11-13)20-17(24)23-10-9-19-16(23)22-21-14-6-2-1-3-7-14/h1-8,11,21H,9-10H2,(H,19,22)(H,20,24). The smallest absolute Gasteiger partial charge is 0.219 e. The van der Waals surface area contributed by atoms with Crippen molar-refractivity contribution in [2.45, 2.75) is 0 Å². The lowest BCUT2D eigenvalue weighted by atomic mass is 10.2. The van der Waals surface area contributed by atoms with Crippen molar-refractivity contribution in [1.29, 1.82) is 5.26 Å². The third-order valence-corrected chi connectivity index (χ3v) is 3.74. The molecule has 2 aromatic rings. The lowest BCUT2D eigenvalue weighted by Crippen LogP contribution is -2.46. The zero-order chi connectivity index (χ0) is 16.8. The molecule has 0 aliphatic carbocycles. The molecule has 3 rings (SSSR count). The molecule has 120 valence electrons. The van der Waals surface area contributed by atoms with Crippen molar-refractivity contribution < 1.29 is 0 Å². The molecule has 0 saturated carbocycles. The molecule has 6 nitrogen and oxygen atoms in total. The number of hydrazine groups is 1. The molecular formula is C17H16N6S. The van der Waals surface area contributed by atoms with Crippen LogP contribution in [0.2, 0.25) is 0 Å². The van der Waals surface area contributed by atoms with Crippen molar-refractivity contribution >= 4 is 34.7 Å². The summed E-state index contributed by atoms with van der Waals surface area (Å²) in [6.45, 7) is 1.36. The molecule has 0 spiro atoms. The molecule has 0 aromatic heterocycles. The number of nitrogens with one attached hydrogen (secondary N) is 3. The summed E-state index contributed by atoms with van der Waals surface area (Å²) in [5.74, 6) is 0.660. The van der Waals surface area contributed by atoms with Gasteiger partial charge >= 0.3 is 0 Å². The van der Waals surface area contributed by atoms with Crippen LogP contribution < -0.4 is 16.2 Å². The van der Waals surface area contributed by atoms with E-state index >= 15 is 0 Å². The molecule has 0 unspecified atom stereocenters. The van der Waals surface area contributed by atoms with Gasteiger partial charge in [-0.15, -0.1) is 0 Å². The van der Waals surface area contributed by atoms with E-state index in [0.29, 0.717) is 29.7 Å². The van der Waals surface area contributed by atoms with Crippen LogP contribution in [0.3, 0.4) is 0 Å². The third-order valence-electron chi connectivity index (χ3n) is 3.42. The molecule has 1 heterocycles. The number of benzene rings is 2. The summed E-state index contributed by atoms with van der Waals surface area (Å²) in [4.78, 5) is 6.30. The first-order valence-corrected chi connectivity index (χ1v) is 7.87. The summed E-state index contributed by atoms with van der Waals surface area (Å²) in [5.41, 5.74) is 8.49. The summed E-state index contributed by atoms with van der Waals surface area (Å²) in [6, 6.07) is 19.1. The Bertz CT molecular complexity index is 796. The first-order chi connectivity index (χ1) is 11.8. The van der Waals surface area contributed by atoms with Gasteiger partial charge in [-0.3, -0.25) is 15.8 Å². The average Bonchev–Trinajstić information content (AvgIpc) is 3.10. The first-order valence-electron chi connectivity index (χ1n) is 7.46. The summed E-state index contributed by atoms with van der Waals surface area (Å²) in [5, 5.41) is 12.6. The third kappa shape index (κ3) is 3.80. The minimum Gasteiger partial charge on any atom is -0.332 e. The van der Waals surface area contributed by atoms with Crippen LogP contribution in [0, 0.1) is 11.3 Å². The molecule has 0 radical (unpaired) electrons. The number of rotatable bonds is 3. The number of para-hydroxylation sites is 1. The van der Waals surface area contributed by atoms with Crippen LogP contribution in [0.1, 0.15) is 5.56 Å². The van der Waals surface area contributed by atoms with Crippen LogP contribution in [0.25, 0.3) is 0 Å². The highest BCUT2D eigenvalue weighted by molar-refractivity contribution is 7.80. The zero-order valence-corrected chi connectivity index (χ0v) is 13.7. The highest BCUT2D eigenvalue weighted by Crippen LogP contribution is 2.12. The highest BCUT2D eigenvalue weighted by Gasteiger charge is 2.21. The fourth-order valence-electron chi connectivity index (χ4n) is 2.26. The van der Waals surface area contributed by atoms with Crippen LogP contribution in [-0.4, -0.2) is 29.1 Å². The lowest BCUT2D eigenvalue weighted by molar-refractivity contribution is 0.655. The Morgan fingerprint density at radius 3 is 2.67 bits per heavy atom. The Balaban J connectivity index is 1.62. The van der Waals surface area contributed by atoms with Crippen molar-refractivity contribution in [2.75, 3.05) is 23.8 Å². The normalized spacial score (nSPS) is 13.0. The number of aliphatic imine (C=N–C) groups is 1. The second-order valence-corrected chi connectivity index (χ2v) is 5.48. The van der Waals surface area contributed by atoms with E-state index in [4.69, 9.17) is 17.5 Å². The van der Waals surface area contributed by atoms with Gasteiger partial charge in [0.15, 0.2) is 5.11 Å². The van der Waals surface area contributed by atoms with E-state index in [9.17, 15) is 0 Å². The molecule has 3 N–H and O–H groups in total. The summed E-state index contributed by atoms with van der Waals surface area (Å²) in [6.07, 6.45) is 0. The van der Waals surface area contributed by atoms with Gasteiger partial charge in [-0.05, 0) is 42.5 Å². The number of hydrogen-bond donors (Lipinski definition) is 3. The van der Waals surface area contributed by atoms with Gasteiger partial charge in [0, 0.05) is 12.2 Å². The first kappa shape index (κ1) is 15.8. The lowest BCUT2D eigenvalue weighted by Gasteiger charge is -2.23. The topological polar surface area (TPSA) is 75.5 Å². The van der Waals surface area contributed by atoms with Gasteiger partial charge < -0.3 is 5.32 Å². The van der Waals surface area contributed by atoms with Gasteiger partial charge in [0.05, 0.1) is 23.9 Å². The van der Waals surface area contributed by atoms with Crippen molar-refractivity contribution in [1.82, 2.24) is 10.3 Å². The Morgan fingerprint density at radius 2 is 1.88 bits per heavy atom. The number of nitrogens with zero attached hydrogens (tertiary/aromatic N) is 3. The van der Waals surface area contributed by atoms with E-state index in [0.717, 1.165) is 11.4 Å². The van der Waals surface area contributed by atoms with Crippen LogP contribution in [0.4, 0.5) is 11.4 Å². The van der Waals surface area contributed by atoms with Gasteiger partial charge in [0.2, 0.25) is 5.96 Å². The Hall–Kier alpha value is -3.11. The molecule has 0 atom stereocenters. The minimum atomic E-state index is 0.531. The number of anilines is 2. The maximum absolute atomic E-state index is 8.97. The number of hydrogen-bond acceptors (Lipinski definition) is 5. The zero-order valence-electron chi connectivity index (χ0n) is 12.9. The molecule has 0 bridgehead atoms. The molecule has 1 aliphatic rings. The van der Waals surface area contributed by atoms with E-state index in [-0.39, 0.29) is 0 Å². The van der Waals surface area contributed by atoms with Gasteiger partial charge in [-0.1, -0.05) is 24.3 Å². The van der Waals surface area contributed by atoms with Crippen LogP contribution >= 0.6 is 12.2 Å². The SMILES string of the molecule is N#Cc1cccc(NC(=S)N2CCN=C2NNc2ccccc2)c1. The van der Waals surface area contributed by atoms with E-state index in [1.54, 1.807) is 12.1 Å². The van der Waals surface area contributed by atoms with Gasteiger partial charge in [0.1, 0.15) is 0 Å². The van der Waals surface area contributed by atoms with Crippen LogP contribution in [-0.2, 0) is 0 Å². The maximum atomic E-state index is 8.97. The molecule has 2 aromatic carbocycles. The molecule has 24 heavy (non-hydrogen) atoms. The Morgan fingerprint density at radius 1 is 1.08 bits per heavy atom. The van der Waals surface area contributed by atoms with Crippen LogP contribution in [0.5, 0.6) is 0 Å². The number of guanidine groups is 1. The maximum Gasteiger partial charge on any atom is 0.219 e. The summed E-state index contributed by atoms with van der Waals surface area (Å²) in [7, 11) is 0. The van der Waals surface area contributed by atoms with Crippen molar-refractivity contribution in [3.8, 4) is 6.07 Å². The fraction of sp³-hybridized carbons (Fsp3) is 0.118. The predicted octanol–water partition coefficient (Wildman–Crippen LogP) is 2.54. The monoisotopic (exact) mass is 336 g/mol. The van der Waals surface area contributed by atoms with Crippen molar-refractivity contribution in [2.24, 2.45) is 4.99 Å². The second-order valence-electron chi connectivity index (χ2n) is 5.10. The van der Waals surface area contributed by atoms with Gasteiger partial charge in [0.25, 0.3) is 0 Å². The quantitative estimate of drug-likeness (QED) is 0.591. The minimum absolute atomic E-state index is 0.531. The highest BCUT2D eigenvalue weighted by atomic mass is 32.1.